The van der Waals surface area contributed by atoms with Gasteiger partial charge in [-0.25, -0.2) is 4.98 Å². The third kappa shape index (κ3) is 3.12. The van der Waals surface area contributed by atoms with Crippen LogP contribution >= 0.6 is 0 Å². The molecule has 0 spiro atoms. The van der Waals surface area contributed by atoms with Crippen LogP contribution in [0.1, 0.15) is 19.2 Å². The second-order valence-corrected chi connectivity index (χ2v) is 3.46. The van der Waals surface area contributed by atoms with Crippen LogP contribution in [0.4, 0.5) is 0 Å². The van der Waals surface area contributed by atoms with Gasteiger partial charge in [0.1, 0.15) is 5.82 Å². The van der Waals surface area contributed by atoms with E-state index in [1.165, 1.54) is 0 Å². The molecule has 0 bridgehead atoms. The SMILES string of the molecule is CCCc1nccn1CC(N)COC. The monoisotopic (exact) mass is 197 g/mol. The second-order valence-electron chi connectivity index (χ2n) is 3.46. The molecule has 0 saturated carbocycles. The number of aromatic nitrogens is 2. The number of ether oxygens (including phenoxy) is 1. The van der Waals surface area contributed by atoms with Crippen molar-refractivity contribution in [1.29, 1.82) is 0 Å². The molecule has 0 aromatic carbocycles. The Hall–Kier alpha value is -0.870. The zero-order valence-electron chi connectivity index (χ0n) is 8.94. The molecule has 4 heteroatoms. The Morgan fingerprint density at radius 1 is 1.64 bits per heavy atom. The van der Waals surface area contributed by atoms with Gasteiger partial charge >= 0.3 is 0 Å². The lowest BCUT2D eigenvalue weighted by Crippen LogP contribution is -2.31. The van der Waals surface area contributed by atoms with E-state index in [-0.39, 0.29) is 6.04 Å². The van der Waals surface area contributed by atoms with Gasteiger partial charge in [-0.3, -0.25) is 0 Å². The van der Waals surface area contributed by atoms with Crippen molar-refractivity contribution < 1.29 is 4.74 Å². The van der Waals surface area contributed by atoms with E-state index in [4.69, 9.17) is 10.5 Å². The molecule has 0 aliphatic rings. The summed E-state index contributed by atoms with van der Waals surface area (Å²) in [5.74, 6) is 1.11. The van der Waals surface area contributed by atoms with Crippen LogP contribution in [0.25, 0.3) is 0 Å². The predicted molar refractivity (Wildman–Crippen MR) is 56.1 cm³/mol. The summed E-state index contributed by atoms with van der Waals surface area (Å²) in [6.07, 6.45) is 5.91. The summed E-state index contributed by atoms with van der Waals surface area (Å²) in [4.78, 5) is 4.29. The fourth-order valence-corrected chi connectivity index (χ4v) is 1.48. The van der Waals surface area contributed by atoms with Crippen LogP contribution in [0.5, 0.6) is 0 Å². The van der Waals surface area contributed by atoms with Gasteiger partial charge in [0.05, 0.1) is 6.61 Å². The Kier molecular flexibility index (Phi) is 4.62. The summed E-state index contributed by atoms with van der Waals surface area (Å²) < 4.78 is 7.10. The molecule has 1 heterocycles. The highest BCUT2D eigenvalue weighted by Crippen LogP contribution is 2.02. The molecule has 80 valence electrons. The van der Waals surface area contributed by atoms with Crippen molar-refractivity contribution in [2.24, 2.45) is 5.73 Å². The molecule has 0 radical (unpaired) electrons. The van der Waals surface area contributed by atoms with Gasteiger partial charge in [-0.05, 0) is 6.42 Å². The molecule has 1 rings (SSSR count). The fraction of sp³-hybridized carbons (Fsp3) is 0.700. The minimum Gasteiger partial charge on any atom is -0.383 e. The number of hydrogen-bond donors (Lipinski definition) is 1. The summed E-state index contributed by atoms with van der Waals surface area (Å²) in [5.41, 5.74) is 5.87. The lowest BCUT2D eigenvalue weighted by molar-refractivity contribution is 0.173. The number of nitrogens with two attached hydrogens (primary N) is 1. The highest BCUT2D eigenvalue weighted by atomic mass is 16.5. The van der Waals surface area contributed by atoms with Crippen molar-refractivity contribution >= 4 is 0 Å². The van der Waals surface area contributed by atoms with E-state index >= 15 is 0 Å². The lowest BCUT2D eigenvalue weighted by atomic mass is 10.3. The average Bonchev–Trinajstić information content (AvgIpc) is 2.54. The van der Waals surface area contributed by atoms with Crippen LogP contribution in [0, 0.1) is 0 Å². The van der Waals surface area contributed by atoms with Gasteiger partial charge in [0.15, 0.2) is 0 Å². The first-order valence-corrected chi connectivity index (χ1v) is 5.02. The Balaban J connectivity index is 2.52. The Morgan fingerprint density at radius 3 is 3.07 bits per heavy atom. The van der Waals surface area contributed by atoms with Gasteiger partial charge in [0, 0.05) is 38.5 Å². The highest BCUT2D eigenvalue weighted by molar-refractivity contribution is 4.93. The van der Waals surface area contributed by atoms with E-state index in [1.807, 2.05) is 12.4 Å². The van der Waals surface area contributed by atoms with Crippen molar-refractivity contribution in [3.05, 3.63) is 18.2 Å². The number of hydrogen-bond acceptors (Lipinski definition) is 3. The van der Waals surface area contributed by atoms with E-state index in [1.54, 1.807) is 7.11 Å². The average molecular weight is 197 g/mol. The molecule has 1 aromatic rings. The Bertz CT molecular complexity index is 260. The molecule has 0 aliphatic carbocycles. The van der Waals surface area contributed by atoms with Crippen molar-refractivity contribution in [1.82, 2.24) is 9.55 Å². The lowest BCUT2D eigenvalue weighted by Gasteiger charge is -2.13. The van der Waals surface area contributed by atoms with Crippen molar-refractivity contribution in [3.63, 3.8) is 0 Å². The molecular weight excluding hydrogens is 178 g/mol. The van der Waals surface area contributed by atoms with Crippen LogP contribution in [0.15, 0.2) is 12.4 Å². The smallest absolute Gasteiger partial charge is 0.108 e. The minimum absolute atomic E-state index is 0.0461. The van der Waals surface area contributed by atoms with Crippen LogP contribution in [-0.2, 0) is 17.7 Å². The van der Waals surface area contributed by atoms with Crippen molar-refractivity contribution in [2.45, 2.75) is 32.4 Å². The van der Waals surface area contributed by atoms with Gasteiger partial charge in [-0.2, -0.15) is 0 Å². The molecule has 0 fully saturated rings. The standard InChI is InChI=1S/C10H19N3O/c1-3-4-10-12-5-6-13(10)7-9(11)8-14-2/h5-6,9H,3-4,7-8,11H2,1-2H3. The minimum atomic E-state index is 0.0461. The van der Waals surface area contributed by atoms with E-state index in [0.717, 1.165) is 25.2 Å². The van der Waals surface area contributed by atoms with Crippen LogP contribution < -0.4 is 5.73 Å². The highest BCUT2D eigenvalue weighted by Gasteiger charge is 2.06. The van der Waals surface area contributed by atoms with Gasteiger partial charge in [-0.1, -0.05) is 6.92 Å². The fourth-order valence-electron chi connectivity index (χ4n) is 1.48. The normalized spacial score (nSPS) is 13.1. The molecule has 1 atom stereocenters. The second kappa shape index (κ2) is 5.78. The third-order valence-electron chi connectivity index (χ3n) is 2.09. The summed E-state index contributed by atoms with van der Waals surface area (Å²) >= 11 is 0. The molecule has 1 aromatic heterocycles. The maximum atomic E-state index is 5.87. The first-order valence-electron chi connectivity index (χ1n) is 5.02. The zero-order chi connectivity index (χ0) is 10.4. The van der Waals surface area contributed by atoms with Crippen LogP contribution in [-0.4, -0.2) is 29.3 Å². The quantitative estimate of drug-likeness (QED) is 0.734. The Labute approximate surface area is 85.1 Å². The maximum Gasteiger partial charge on any atom is 0.108 e. The number of methoxy groups -OCH3 is 1. The summed E-state index contributed by atoms with van der Waals surface area (Å²) in [7, 11) is 1.67. The molecule has 2 N–H and O–H groups in total. The maximum absolute atomic E-state index is 5.87. The van der Waals surface area contributed by atoms with E-state index in [0.29, 0.717) is 6.61 Å². The largest absolute Gasteiger partial charge is 0.383 e. The van der Waals surface area contributed by atoms with Gasteiger partial charge < -0.3 is 15.0 Å². The molecule has 14 heavy (non-hydrogen) atoms. The topological polar surface area (TPSA) is 53.1 Å². The number of rotatable bonds is 6. The number of nitrogens with zero attached hydrogens (tertiary/aromatic N) is 2. The molecule has 4 nitrogen and oxygen atoms in total. The van der Waals surface area contributed by atoms with Crippen molar-refractivity contribution in [2.75, 3.05) is 13.7 Å². The molecular formula is C10H19N3O. The molecule has 0 amide bonds. The summed E-state index contributed by atoms with van der Waals surface area (Å²) in [5, 5.41) is 0. The Morgan fingerprint density at radius 2 is 2.43 bits per heavy atom. The molecule has 0 aliphatic heterocycles. The van der Waals surface area contributed by atoms with Crippen LogP contribution in [0.2, 0.25) is 0 Å². The predicted octanol–water partition coefficient (Wildman–Crippen LogP) is 0.809. The third-order valence-corrected chi connectivity index (χ3v) is 2.09. The number of imidazole rings is 1. The van der Waals surface area contributed by atoms with Gasteiger partial charge in [0.25, 0.3) is 0 Å². The van der Waals surface area contributed by atoms with E-state index < -0.39 is 0 Å². The van der Waals surface area contributed by atoms with E-state index in [2.05, 4.69) is 16.5 Å². The first-order chi connectivity index (χ1) is 6.77. The summed E-state index contributed by atoms with van der Waals surface area (Å²) in [6, 6.07) is 0.0461. The zero-order valence-corrected chi connectivity index (χ0v) is 8.94. The van der Waals surface area contributed by atoms with Crippen molar-refractivity contribution in [3.8, 4) is 0 Å². The first kappa shape index (κ1) is 11.2. The molecule has 0 saturated heterocycles. The summed E-state index contributed by atoms with van der Waals surface area (Å²) in [6.45, 7) is 3.51. The molecule has 1 unspecified atom stereocenters. The van der Waals surface area contributed by atoms with Gasteiger partial charge in [0.2, 0.25) is 0 Å². The van der Waals surface area contributed by atoms with E-state index in [9.17, 15) is 0 Å². The number of aryl methyl sites for hydroxylation is 1. The van der Waals surface area contributed by atoms with Crippen LogP contribution in [0.3, 0.4) is 0 Å². The van der Waals surface area contributed by atoms with Gasteiger partial charge in [-0.15, -0.1) is 0 Å².